The molecule has 20 heavy (non-hydrogen) atoms. The summed E-state index contributed by atoms with van der Waals surface area (Å²) in [6.45, 7) is 0.502. The maximum Gasteiger partial charge on any atom is 0.321 e. The molecular weight excluding hydrogens is 260 g/mol. The number of carbonyl (C=O) groups excluding carboxylic acids is 1. The monoisotopic (exact) mass is 280 g/mol. The highest BCUT2D eigenvalue weighted by Gasteiger charge is 2.10. The lowest BCUT2D eigenvalue weighted by atomic mass is 10.2. The predicted molar refractivity (Wildman–Crippen MR) is 76.0 cm³/mol. The number of urea groups is 1. The molecule has 0 aliphatic carbocycles. The van der Waals surface area contributed by atoms with E-state index in [1.165, 1.54) is 17.0 Å². The second kappa shape index (κ2) is 8.04. The number of hydrogen-bond acceptors (Lipinski definition) is 3. The molecule has 0 saturated carbocycles. The number of carbonyl (C=O) groups is 2. The number of phenols is 1. The largest absolute Gasteiger partial charge is 0.508 e. The lowest BCUT2D eigenvalue weighted by molar-refractivity contribution is -0.137. The number of nitrogens with one attached hydrogen (secondary N) is 1. The first-order valence-electron chi connectivity index (χ1n) is 6.53. The van der Waals surface area contributed by atoms with Crippen molar-refractivity contribution in [1.82, 2.24) is 5.32 Å². The first kappa shape index (κ1) is 15.8. The summed E-state index contributed by atoms with van der Waals surface area (Å²) in [5, 5.41) is 20.6. The number of benzene rings is 1. The Morgan fingerprint density at radius 1 is 1.25 bits per heavy atom. The zero-order valence-electron chi connectivity index (χ0n) is 11.5. The van der Waals surface area contributed by atoms with Crippen LogP contribution in [0.4, 0.5) is 10.5 Å². The zero-order chi connectivity index (χ0) is 15.0. The van der Waals surface area contributed by atoms with Gasteiger partial charge in [-0.1, -0.05) is 12.5 Å². The number of unbranched alkanes of at least 4 members (excludes halogenated alkanes) is 2. The van der Waals surface area contributed by atoms with E-state index in [4.69, 9.17) is 5.11 Å². The Kier molecular flexibility index (Phi) is 6.36. The molecule has 0 heterocycles. The minimum absolute atomic E-state index is 0.107. The highest BCUT2D eigenvalue weighted by molar-refractivity contribution is 5.91. The number of aromatic hydroxyl groups is 1. The molecule has 0 aliphatic rings. The summed E-state index contributed by atoms with van der Waals surface area (Å²) in [5.74, 6) is -0.687. The maximum atomic E-state index is 11.8. The van der Waals surface area contributed by atoms with Crippen molar-refractivity contribution in [3.63, 3.8) is 0 Å². The van der Waals surface area contributed by atoms with Gasteiger partial charge in [0.2, 0.25) is 0 Å². The summed E-state index contributed by atoms with van der Waals surface area (Å²) in [6.07, 6.45) is 2.29. The molecule has 110 valence electrons. The lowest BCUT2D eigenvalue weighted by Crippen LogP contribution is -2.37. The second-order valence-electron chi connectivity index (χ2n) is 4.52. The van der Waals surface area contributed by atoms with E-state index in [0.29, 0.717) is 18.7 Å². The molecule has 0 radical (unpaired) electrons. The summed E-state index contributed by atoms with van der Waals surface area (Å²) < 4.78 is 0. The highest BCUT2D eigenvalue weighted by atomic mass is 16.4. The van der Waals surface area contributed by atoms with Crippen molar-refractivity contribution in [2.75, 3.05) is 18.5 Å². The van der Waals surface area contributed by atoms with Crippen LogP contribution in [-0.4, -0.2) is 35.8 Å². The smallest absolute Gasteiger partial charge is 0.321 e. The lowest BCUT2D eigenvalue weighted by Gasteiger charge is -2.18. The molecule has 0 aromatic heterocycles. The summed E-state index contributed by atoms with van der Waals surface area (Å²) in [4.78, 5) is 23.6. The molecule has 0 atom stereocenters. The van der Waals surface area contributed by atoms with Crippen molar-refractivity contribution >= 4 is 17.7 Å². The molecule has 1 aromatic carbocycles. The van der Waals surface area contributed by atoms with Crippen molar-refractivity contribution in [2.45, 2.75) is 25.7 Å². The molecule has 0 unspecified atom stereocenters. The number of phenolic OH excluding ortho intramolecular Hbond substituents is 1. The molecule has 1 rings (SSSR count). The maximum absolute atomic E-state index is 11.8. The fourth-order valence-corrected chi connectivity index (χ4v) is 1.71. The number of anilines is 1. The molecule has 0 spiro atoms. The number of carboxylic acids is 1. The Labute approximate surface area is 118 Å². The number of rotatable bonds is 7. The Bertz CT molecular complexity index is 462. The van der Waals surface area contributed by atoms with E-state index in [9.17, 15) is 14.7 Å². The molecular formula is C14H20N2O4. The van der Waals surface area contributed by atoms with E-state index in [0.717, 1.165) is 12.8 Å². The van der Waals surface area contributed by atoms with Crippen molar-refractivity contribution in [1.29, 1.82) is 0 Å². The minimum Gasteiger partial charge on any atom is -0.508 e. The Balaban J connectivity index is 2.27. The van der Waals surface area contributed by atoms with Gasteiger partial charge in [0.05, 0.1) is 0 Å². The molecule has 2 amide bonds. The van der Waals surface area contributed by atoms with Gasteiger partial charge in [-0.3, -0.25) is 9.69 Å². The molecule has 6 heteroatoms. The molecule has 0 bridgehead atoms. The van der Waals surface area contributed by atoms with Gasteiger partial charge in [0.25, 0.3) is 0 Å². The van der Waals surface area contributed by atoms with E-state index in [-0.39, 0.29) is 18.2 Å². The van der Waals surface area contributed by atoms with Crippen LogP contribution >= 0.6 is 0 Å². The minimum atomic E-state index is -0.794. The van der Waals surface area contributed by atoms with Gasteiger partial charge in [-0.15, -0.1) is 0 Å². The first-order valence-corrected chi connectivity index (χ1v) is 6.53. The molecule has 6 nitrogen and oxygen atoms in total. The summed E-state index contributed by atoms with van der Waals surface area (Å²) in [6, 6.07) is 6.19. The van der Waals surface area contributed by atoms with Gasteiger partial charge in [0.15, 0.2) is 0 Å². The van der Waals surface area contributed by atoms with Gasteiger partial charge in [0.1, 0.15) is 5.75 Å². The van der Waals surface area contributed by atoms with Crippen LogP contribution in [0.3, 0.4) is 0 Å². The van der Waals surface area contributed by atoms with Crippen LogP contribution in [0.25, 0.3) is 0 Å². The topological polar surface area (TPSA) is 89.9 Å². The Morgan fingerprint density at radius 2 is 2.00 bits per heavy atom. The van der Waals surface area contributed by atoms with Gasteiger partial charge in [-0.05, 0) is 25.0 Å². The van der Waals surface area contributed by atoms with E-state index >= 15 is 0 Å². The average molecular weight is 280 g/mol. The fourth-order valence-electron chi connectivity index (χ4n) is 1.71. The van der Waals surface area contributed by atoms with Crippen molar-refractivity contribution in [3.8, 4) is 5.75 Å². The van der Waals surface area contributed by atoms with Crippen LogP contribution in [0.5, 0.6) is 5.75 Å². The number of hydrogen-bond donors (Lipinski definition) is 3. The average Bonchev–Trinajstić information content (AvgIpc) is 2.41. The molecule has 0 saturated heterocycles. The van der Waals surface area contributed by atoms with Crippen LogP contribution in [0.1, 0.15) is 25.7 Å². The van der Waals surface area contributed by atoms with E-state index in [2.05, 4.69) is 5.32 Å². The molecule has 3 N–H and O–H groups in total. The van der Waals surface area contributed by atoms with Crippen molar-refractivity contribution in [3.05, 3.63) is 24.3 Å². The summed E-state index contributed by atoms with van der Waals surface area (Å²) >= 11 is 0. The van der Waals surface area contributed by atoms with Gasteiger partial charge < -0.3 is 15.5 Å². The number of aliphatic carboxylic acids is 1. The van der Waals surface area contributed by atoms with Gasteiger partial charge in [-0.25, -0.2) is 4.79 Å². The SMILES string of the molecule is CN(C(=O)NCCCCCC(=O)O)c1cccc(O)c1. The zero-order valence-corrected chi connectivity index (χ0v) is 11.5. The Hall–Kier alpha value is -2.24. The van der Waals surface area contributed by atoms with Crippen LogP contribution in [0.2, 0.25) is 0 Å². The van der Waals surface area contributed by atoms with E-state index < -0.39 is 5.97 Å². The Morgan fingerprint density at radius 3 is 2.65 bits per heavy atom. The highest BCUT2D eigenvalue weighted by Crippen LogP contribution is 2.18. The third-order valence-electron chi connectivity index (χ3n) is 2.87. The standard InChI is InChI=1S/C14H20N2O4/c1-16(11-6-5-7-12(17)10-11)14(20)15-9-4-2-3-8-13(18)19/h5-7,10,17H,2-4,8-9H2,1H3,(H,15,20)(H,18,19). The summed E-state index contributed by atoms with van der Waals surface area (Å²) in [7, 11) is 1.62. The van der Waals surface area contributed by atoms with Crippen LogP contribution in [0.15, 0.2) is 24.3 Å². The number of amides is 2. The van der Waals surface area contributed by atoms with Crippen molar-refractivity contribution in [2.24, 2.45) is 0 Å². The molecule has 0 aliphatic heterocycles. The van der Waals surface area contributed by atoms with Crippen molar-refractivity contribution < 1.29 is 19.8 Å². The van der Waals surface area contributed by atoms with Gasteiger partial charge in [-0.2, -0.15) is 0 Å². The fraction of sp³-hybridized carbons (Fsp3) is 0.429. The van der Waals surface area contributed by atoms with Crippen LogP contribution in [-0.2, 0) is 4.79 Å². The van der Waals surface area contributed by atoms with Gasteiger partial charge in [0, 0.05) is 31.8 Å². The quantitative estimate of drug-likeness (QED) is 0.668. The summed E-state index contributed by atoms with van der Waals surface area (Å²) in [5.41, 5.74) is 0.605. The van der Waals surface area contributed by atoms with E-state index in [1.807, 2.05) is 0 Å². The normalized spacial score (nSPS) is 10.1. The van der Waals surface area contributed by atoms with Gasteiger partial charge >= 0.3 is 12.0 Å². The van der Waals surface area contributed by atoms with E-state index in [1.54, 1.807) is 19.2 Å². The second-order valence-corrected chi connectivity index (χ2v) is 4.52. The van der Waals surface area contributed by atoms with Crippen LogP contribution in [0, 0.1) is 0 Å². The molecule has 1 aromatic rings. The van der Waals surface area contributed by atoms with Crippen LogP contribution < -0.4 is 10.2 Å². The third kappa shape index (κ3) is 5.60. The number of nitrogens with zero attached hydrogens (tertiary/aromatic N) is 1. The third-order valence-corrected chi connectivity index (χ3v) is 2.87. The molecule has 0 fully saturated rings. The predicted octanol–water partition coefficient (Wildman–Crippen LogP) is 2.18. The number of carboxylic acid groups (broad SMARTS) is 1. The first-order chi connectivity index (χ1) is 9.50.